The van der Waals surface area contributed by atoms with E-state index in [2.05, 4.69) is 48.0 Å². The van der Waals surface area contributed by atoms with Crippen LogP contribution in [0.2, 0.25) is 0 Å². The molecule has 0 saturated heterocycles. The molecule has 0 aliphatic carbocycles. The van der Waals surface area contributed by atoms with Crippen molar-refractivity contribution in [2.75, 3.05) is 19.6 Å². The van der Waals surface area contributed by atoms with Crippen molar-refractivity contribution >= 4 is 10.8 Å². The number of aromatic nitrogens is 1. The fraction of sp³-hybridized carbons (Fsp3) is 0.438. The molecule has 1 aromatic heterocycles. The number of nitrogens with two attached hydrogens (primary N) is 1. The summed E-state index contributed by atoms with van der Waals surface area (Å²) < 4.78 is 0. The molecule has 2 rings (SSSR count). The molecule has 1 heterocycles. The third-order valence-electron chi connectivity index (χ3n) is 3.64. The van der Waals surface area contributed by atoms with Crippen LogP contribution in [0.5, 0.6) is 0 Å². The standard InChI is InChI=1S/C16H23N3/c1-3-9-19(4-2)16(10-17)15-12-18-11-13-7-5-6-8-14(13)15/h5-8,11-12,16H,3-4,9-10,17H2,1-2H3. The van der Waals surface area contributed by atoms with Crippen molar-refractivity contribution in [3.8, 4) is 0 Å². The van der Waals surface area contributed by atoms with Crippen molar-refractivity contribution in [3.05, 3.63) is 42.2 Å². The molecule has 3 nitrogen and oxygen atoms in total. The lowest BCUT2D eigenvalue weighted by Crippen LogP contribution is -2.34. The van der Waals surface area contributed by atoms with E-state index in [1.54, 1.807) is 0 Å². The molecule has 1 unspecified atom stereocenters. The summed E-state index contributed by atoms with van der Waals surface area (Å²) in [4.78, 5) is 6.81. The minimum atomic E-state index is 0.253. The second-order valence-electron chi connectivity index (χ2n) is 4.83. The minimum absolute atomic E-state index is 0.253. The zero-order valence-corrected chi connectivity index (χ0v) is 11.8. The molecule has 0 bridgehead atoms. The van der Waals surface area contributed by atoms with Crippen LogP contribution in [0.4, 0.5) is 0 Å². The minimum Gasteiger partial charge on any atom is -0.329 e. The molecule has 2 aromatic rings. The van der Waals surface area contributed by atoms with Gasteiger partial charge >= 0.3 is 0 Å². The van der Waals surface area contributed by atoms with Crippen LogP contribution in [0, 0.1) is 0 Å². The molecule has 102 valence electrons. The summed E-state index contributed by atoms with van der Waals surface area (Å²) in [6.45, 7) is 7.11. The van der Waals surface area contributed by atoms with E-state index in [9.17, 15) is 0 Å². The molecule has 1 atom stereocenters. The molecule has 2 N–H and O–H groups in total. The second-order valence-corrected chi connectivity index (χ2v) is 4.83. The Morgan fingerprint density at radius 2 is 2.00 bits per heavy atom. The molecule has 0 spiro atoms. The molecular weight excluding hydrogens is 234 g/mol. The van der Waals surface area contributed by atoms with E-state index in [0.717, 1.165) is 19.5 Å². The molecule has 0 fully saturated rings. The van der Waals surface area contributed by atoms with Gasteiger partial charge in [0.2, 0.25) is 0 Å². The Labute approximate surface area is 115 Å². The quantitative estimate of drug-likeness (QED) is 0.865. The van der Waals surface area contributed by atoms with Crippen LogP contribution in [-0.2, 0) is 0 Å². The second kappa shape index (κ2) is 6.64. The summed E-state index contributed by atoms with van der Waals surface area (Å²) in [5.74, 6) is 0. The third kappa shape index (κ3) is 2.94. The van der Waals surface area contributed by atoms with Crippen molar-refractivity contribution in [1.82, 2.24) is 9.88 Å². The molecule has 1 aromatic carbocycles. The monoisotopic (exact) mass is 257 g/mol. The van der Waals surface area contributed by atoms with Gasteiger partial charge < -0.3 is 5.73 Å². The first-order chi connectivity index (χ1) is 9.31. The van der Waals surface area contributed by atoms with E-state index in [4.69, 9.17) is 5.73 Å². The van der Waals surface area contributed by atoms with Gasteiger partial charge in [-0.1, -0.05) is 38.1 Å². The first-order valence-electron chi connectivity index (χ1n) is 7.08. The zero-order chi connectivity index (χ0) is 13.7. The number of fused-ring (bicyclic) bond motifs is 1. The lowest BCUT2D eigenvalue weighted by molar-refractivity contribution is 0.213. The van der Waals surface area contributed by atoms with Gasteiger partial charge in [0, 0.05) is 30.4 Å². The SMILES string of the molecule is CCCN(CC)C(CN)c1cncc2ccccc12. The van der Waals surface area contributed by atoms with Gasteiger partial charge in [-0.3, -0.25) is 9.88 Å². The van der Waals surface area contributed by atoms with Crippen molar-refractivity contribution in [2.45, 2.75) is 26.3 Å². The molecule has 0 aliphatic heterocycles. The largest absolute Gasteiger partial charge is 0.329 e. The topological polar surface area (TPSA) is 42.1 Å². The number of hydrogen-bond donors (Lipinski definition) is 1. The Bertz CT molecular complexity index is 519. The smallest absolute Gasteiger partial charge is 0.0491 e. The normalized spacial score (nSPS) is 13.1. The van der Waals surface area contributed by atoms with Crippen molar-refractivity contribution in [1.29, 1.82) is 0 Å². The van der Waals surface area contributed by atoms with E-state index in [-0.39, 0.29) is 6.04 Å². The van der Waals surface area contributed by atoms with Crippen molar-refractivity contribution in [2.24, 2.45) is 5.73 Å². The van der Waals surface area contributed by atoms with Gasteiger partial charge in [-0.25, -0.2) is 0 Å². The van der Waals surface area contributed by atoms with Crippen LogP contribution >= 0.6 is 0 Å². The Morgan fingerprint density at radius 3 is 2.68 bits per heavy atom. The van der Waals surface area contributed by atoms with E-state index < -0.39 is 0 Å². The maximum absolute atomic E-state index is 6.03. The fourth-order valence-electron chi connectivity index (χ4n) is 2.70. The summed E-state index contributed by atoms with van der Waals surface area (Å²) in [5, 5.41) is 2.45. The van der Waals surface area contributed by atoms with E-state index in [1.165, 1.54) is 16.3 Å². The Balaban J connectivity index is 2.45. The van der Waals surface area contributed by atoms with Crippen LogP contribution in [0.3, 0.4) is 0 Å². The predicted octanol–water partition coefficient (Wildman–Crippen LogP) is 2.97. The molecule has 0 saturated carbocycles. The van der Waals surface area contributed by atoms with Gasteiger partial charge in [0.15, 0.2) is 0 Å². The fourth-order valence-corrected chi connectivity index (χ4v) is 2.70. The van der Waals surface area contributed by atoms with Crippen LogP contribution < -0.4 is 5.73 Å². The van der Waals surface area contributed by atoms with Crippen LogP contribution in [0.1, 0.15) is 31.9 Å². The molecule has 0 aliphatic rings. The van der Waals surface area contributed by atoms with Crippen molar-refractivity contribution < 1.29 is 0 Å². The Hall–Kier alpha value is -1.45. The Kier molecular flexibility index (Phi) is 4.88. The van der Waals surface area contributed by atoms with Gasteiger partial charge in [-0.05, 0) is 30.5 Å². The van der Waals surface area contributed by atoms with Gasteiger partial charge in [0.1, 0.15) is 0 Å². The molecule has 3 heteroatoms. The summed E-state index contributed by atoms with van der Waals surface area (Å²) in [5.41, 5.74) is 7.28. The zero-order valence-electron chi connectivity index (χ0n) is 11.8. The first kappa shape index (κ1) is 14.0. The number of pyridine rings is 1. The van der Waals surface area contributed by atoms with Crippen LogP contribution in [-0.4, -0.2) is 29.5 Å². The number of benzene rings is 1. The first-order valence-corrected chi connectivity index (χ1v) is 7.08. The Morgan fingerprint density at radius 1 is 1.21 bits per heavy atom. The van der Waals surface area contributed by atoms with E-state index >= 15 is 0 Å². The highest BCUT2D eigenvalue weighted by atomic mass is 15.2. The van der Waals surface area contributed by atoms with Crippen molar-refractivity contribution in [3.63, 3.8) is 0 Å². The maximum Gasteiger partial charge on any atom is 0.0491 e. The molecular formula is C16H23N3. The van der Waals surface area contributed by atoms with Gasteiger partial charge in [-0.2, -0.15) is 0 Å². The average Bonchev–Trinajstić information content (AvgIpc) is 2.47. The average molecular weight is 257 g/mol. The highest BCUT2D eigenvalue weighted by Gasteiger charge is 2.19. The van der Waals surface area contributed by atoms with Crippen LogP contribution in [0.15, 0.2) is 36.7 Å². The number of nitrogens with zero attached hydrogens (tertiary/aromatic N) is 2. The maximum atomic E-state index is 6.03. The number of hydrogen-bond acceptors (Lipinski definition) is 3. The van der Waals surface area contributed by atoms with Gasteiger partial charge in [0.05, 0.1) is 0 Å². The summed E-state index contributed by atoms with van der Waals surface area (Å²) in [7, 11) is 0. The summed E-state index contributed by atoms with van der Waals surface area (Å²) in [6.07, 6.45) is 5.03. The number of rotatable bonds is 6. The predicted molar refractivity (Wildman–Crippen MR) is 81.1 cm³/mol. The molecule has 0 radical (unpaired) electrons. The summed E-state index contributed by atoms with van der Waals surface area (Å²) >= 11 is 0. The third-order valence-corrected chi connectivity index (χ3v) is 3.64. The number of likely N-dealkylation sites (N-methyl/N-ethyl adjacent to an activating group) is 1. The van der Waals surface area contributed by atoms with E-state index in [1.807, 2.05) is 12.4 Å². The molecule has 19 heavy (non-hydrogen) atoms. The highest BCUT2D eigenvalue weighted by Crippen LogP contribution is 2.26. The molecule has 0 amide bonds. The van der Waals surface area contributed by atoms with Gasteiger partial charge in [-0.15, -0.1) is 0 Å². The van der Waals surface area contributed by atoms with Gasteiger partial charge in [0.25, 0.3) is 0 Å². The lowest BCUT2D eigenvalue weighted by atomic mass is 10.00. The summed E-state index contributed by atoms with van der Waals surface area (Å²) in [6, 6.07) is 8.65. The highest BCUT2D eigenvalue weighted by molar-refractivity contribution is 5.85. The van der Waals surface area contributed by atoms with E-state index in [0.29, 0.717) is 6.54 Å². The van der Waals surface area contributed by atoms with Crippen LogP contribution in [0.25, 0.3) is 10.8 Å². The lowest BCUT2D eigenvalue weighted by Gasteiger charge is -2.30.